The van der Waals surface area contributed by atoms with Crippen molar-refractivity contribution >= 4 is 23.3 Å². The zero-order valence-corrected chi connectivity index (χ0v) is 10.4. The summed E-state index contributed by atoms with van der Waals surface area (Å²) >= 11 is 1.54. The summed E-state index contributed by atoms with van der Waals surface area (Å²) < 4.78 is 0. The Balaban J connectivity index is 1.80. The van der Waals surface area contributed by atoms with E-state index in [1.54, 1.807) is 4.90 Å². The van der Waals surface area contributed by atoms with Crippen LogP contribution in [0.5, 0.6) is 0 Å². The number of aryl methyl sites for hydroxylation is 1. The Kier molecular flexibility index (Phi) is 2.39. The number of rotatable bonds is 2. The monoisotopic (exact) mass is 251 g/mol. The summed E-state index contributed by atoms with van der Waals surface area (Å²) in [5, 5.41) is 2.86. The molecule has 0 bridgehead atoms. The molecule has 17 heavy (non-hydrogen) atoms. The molecular formula is C11H13N3O2S. The van der Waals surface area contributed by atoms with E-state index in [0.29, 0.717) is 13.1 Å². The number of carbonyl (C=O) groups is 2. The molecule has 90 valence electrons. The third-order valence-electron chi connectivity index (χ3n) is 3.27. The Morgan fingerprint density at radius 3 is 3.00 bits per heavy atom. The van der Waals surface area contributed by atoms with Crippen molar-refractivity contribution < 1.29 is 9.59 Å². The topological polar surface area (TPSA) is 53.5 Å². The standard InChI is InChI=1S/C11H13N3O2S/c1-7-12-8(6-17-7)5-14-10(15)9-3-2-4-13(9)11(14)16/h6,9H,2-5H2,1H3/t9-/m1/s1. The maximum atomic E-state index is 12.0. The second-order valence-corrected chi connectivity index (χ2v) is 5.48. The molecule has 1 aromatic heterocycles. The zero-order chi connectivity index (χ0) is 12.0. The number of thiazole rings is 1. The van der Waals surface area contributed by atoms with Crippen LogP contribution in [0.4, 0.5) is 4.79 Å². The minimum Gasteiger partial charge on any atom is -0.312 e. The smallest absolute Gasteiger partial charge is 0.312 e. The molecule has 3 amide bonds. The average Bonchev–Trinajstić information content (AvgIpc) is 2.96. The molecule has 2 aliphatic rings. The Morgan fingerprint density at radius 2 is 2.35 bits per heavy atom. The zero-order valence-electron chi connectivity index (χ0n) is 9.55. The molecule has 0 radical (unpaired) electrons. The van der Waals surface area contributed by atoms with Crippen LogP contribution < -0.4 is 0 Å². The molecule has 2 fully saturated rings. The van der Waals surface area contributed by atoms with E-state index in [0.717, 1.165) is 23.5 Å². The van der Waals surface area contributed by atoms with Gasteiger partial charge >= 0.3 is 6.03 Å². The molecule has 1 atom stereocenters. The fourth-order valence-corrected chi connectivity index (χ4v) is 3.07. The number of aromatic nitrogens is 1. The average molecular weight is 251 g/mol. The molecule has 3 rings (SSSR count). The van der Waals surface area contributed by atoms with Crippen molar-refractivity contribution in [3.8, 4) is 0 Å². The van der Waals surface area contributed by atoms with E-state index < -0.39 is 0 Å². The third-order valence-corrected chi connectivity index (χ3v) is 4.09. The van der Waals surface area contributed by atoms with Crippen LogP contribution in [0, 0.1) is 6.92 Å². The molecule has 0 N–H and O–H groups in total. The number of fused-ring (bicyclic) bond motifs is 1. The van der Waals surface area contributed by atoms with Gasteiger partial charge in [0.15, 0.2) is 0 Å². The number of hydrogen-bond acceptors (Lipinski definition) is 4. The number of nitrogens with zero attached hydrogens (tertiary/aromatic N) is 3. The molecule has 0 aromatic carbocycles. The summed E-state index contributed by atoms with van der Waals surface area (Å²) in [6.07, 6.45) is 1.74. The molecule has 0 spiro atoms. The fourth-order valence-electron chi connectivity index (χ4n) is 2.47. The number of urea groups is 1. The maximum Gasteiger partial charge on any atom is 0.327 e. The molecule has 2 saturated heterocycles. The first-order valence-corrected chi connectivity index (χ1v) is 6.58. The highest BCUT2D eigenvalue weighted by Gasteiger charge is 2.47. The van der Waals surface area contributed by atoms with E-state index >= 15 is 0 Å². The lowest BCUT2D eigenvalue weighted by Crippen LogP contribution is -2.32. The van der Waals surface area contributed by atoms with Gasteiger partial charge in [0.05, 0.1) is 17.2 Å². The molecular weight excluding hydrogens is 238 g/mol. The normalized spacial score (nSPS) is 23.7. The van der Waals surface area contributed by atoms with Crippen molar-refractivity contribution in [2.75, 3.05) is 6.54 Å². The van der Waals surface area contributed by atoms with E-state index in [-0.39, 0.29) is 18.0 Å². The van der Waals surface area contributed by atoms with E-state index in [1.807, 2.05) is 12.3 Å². The molecule has 0 saturated carbocycles. The van der Waals surface area contributed by atoms with Gasteiger partial charge in [0.1, 0.15) is 6.04 Å². The summed E-state index contributed by atoms with van der Waals surface area (Å²) in [7, 11) is 0. The van der Waals surface area contributed by atoms with Crippen LogP contribution in [-0.2, 0) is 11.3 Å². The third kappa shape index (κ3) is 1.63. The van der Waals surface area contributed by atoms with Crippen LogP contribution in [0.3, 0.4) is 0 Å². The summed E-state index contributed by atoms with van der Waals surface area (Å²) in [5.74, 6) is -0.0573. The van der Waals surface area contributed by atoms with Crippen molar-refractivity contribution in [1.82, 2.24) is 14.8 Å². The molecule has 0 aliphatic carbocycles. The van der Waals surface area contributed by atoms with Crippen LogP contribution in [0.1, 0.15) is 23.5 Å². The van der Waals surface area contributed by atoms with Gasteiger partial charge in [0, 0.05) is 11.9 Å². The van der Waals surface area contributed by atoms with Gasteiger partial charge in [-0.05, 0) is 19.8 Å². The van der Waals surface area contributed by atoms with Crippen molar-refractivity contribution in [1.29, 1.82) is 0 Å². The minimum atomic E-state index is -0.206. The van der Waals surface area contributed by atoms with Crippen LogP contribution in [0.15, 0.2) is 5.38 Å². The first kappa shape index (κ1) is 10.7. The summed E-state index contributed by atoms with van der Waals surface area (Å²) in [6, 6.07) is -0.356. The predicted molar refractivity (Wildman–Crippen MR) is 62.5 cm³/mol. The molecule has 5 nitrogen and oxygen atoms in total. The van der Waals surface area contributed by atoms with E-state index in [9.17, 15) is 9.59 Å². The second kappa shape index (κ2) is 3.80. The van der Waals surface area contributed by atoms with Gasteiger partial charge in [-0.2, -0.15) is 0 Å². The SMILES string of the molecule is Cc1nc(CN2C(=O)[C@H]3CCCN3C2=O)cs1. The Morgan fingerprint density at radius 1 is 1.53 bits per heavy atom. The Bertz CT molecular complexity index is 463. The minimum absolute atomic E-state index is 0.0573. The summed E-state index contributed by atoms with van der Waals surface area (Å²) in [6.45, 7) is 2.94. The molecule has 0 unspecified atom stereocenters. The number of amides is 3. The molecule has 2 aliphatic heterocycles. The summed E-state index contributed by atoms with van der Waals surface area (Å²) in [4.78, 5) is 31.4. The first-order chi connectivity index (χ1) is 8.16. The van der Waals surface area contributed by atoms with Gasteiger partial charge in [0.25, 0.3) is 5.91 Å². The van der Waals surface area contributed by atoms with Gasteiger partial charge in [-0.25, -0.2) is 9.78 Å². The largest absolute Gasteiger partial charge is 0.327 e. The van der Waals surface area contributed by atoms with E-state index in [2.05, 4.69) is 4.98 Å². The number of imide groups is 1. The van der Waals surface area contributed by atoms with Gasteiger partial charge in [-0.1, -0.05) is 0 Å². The van der Waals surface area contributed by atoms with Crippen LogP contribution >= 0.6 is 11.3 Å². The van der Waals surface area contributed by atoms with Crippen molar-refractivity contribution in [3.63, 3.8) is 0 Å². The van der Waals surface area contributed by atoms with Gasteiger partial charge in [0.2, 0.25) is 0 Å². The Labute approximate surface area is 103 Å². The lowest BCUT2D eigenvalue weighted by atomic mass is 10.2. The second-order valence-electron chi connectivity index (χ2n) is 4.42. The highest BCUT2D eigenvalue weighted by Crippen LogP contribution is 2.28. The van der Waals surface area contributed by atoms with Gasteiger partial charge in [-0.15, -0.1) is 11.3 Å². The van der Waals surface area contributed by atoms with Crippen LogP contribution in [0.2, 0.25) is 0 Å². The molecule has 3 heterocycles. The fraction of sp³-hybridized carbons (Fsp3) is 0.545. The predicted octanol–water partition coefficient (Wildman–Crippen LogP) is 1.38. The number of carbonyl (C=O) groups excluding carboxylic acids is 2. The molecule has 6 heteroatoms. The molecule has 1 aromatic rings. The van der Waals surface area contributed by atoms with E-state index in [4.69, 9.17) is 0 Å². The van der Waals surface area contributed by atoms with Gasteiger partial charge < -0.3 is 4.90 Å². The quantitative estimate of drug-likeness (QED) is 0.746. The van der Waals surface area contributed by atoms with Crippen molar-refractivity contribution in [2.24, 2.45) is 0 Å². The lowest BCUT2D eigenvalue weighted by molar-refractivity contribution is -0.128. The van der Waals surface area contributed by atoms with Gasteiger partial charge in [-0.3, -0.25) is 9.69 Å². The van der Waals surface area contributed by atoms with Crippen molar-refractivity contribution in [3.05, 3.63) is 16.1 Å². The highest BCUT2D eigenvalue weighted by atomic mass is 32.1. The van der Waals surface area contributed by atoms with Crippen LogP contribution in [-0.4, -0.2) is 39.3 Å². The van der Waals surface area contributed by atoms with Crippen LogP contribution in [0.25, 0.3) is 0 Å². The Hall–Kier alpha value is -1.43. The highest BCUT2D eigenvalue weighted by molar-refractivity contribution is 7.09. The summed E-state index contributed by atoms with van der Waals surface area (Å²) in [5.41, 5.74) is 0.801. The maximum absolute atomic E-state index is 12.0. The lowest BCUT2D eigenvalue weighted by Gasteiger charge is -2.13. The van der Waals surface area contributed by atoms with Crippen molar-refractivity contribution in [2.45, 2.75) is 32.4 Å². The van der Waals surface area contributed by atoms with E-state index in [1.165, 1.54) is 16.2 Å². The number of hydrogen-bond donors (Lipinski definition) is 0. The first-order valence-electron chi connectivity index (χ1n) is 5.70.